The van der Waals surface area contributed by atoms with E-state index >= 15 is 0 Å². The van der Waals surface area contributed by atoms with Crippen molar-refractivity contribution in [3.8, 4) is 0 Å². The molecule has 1 amide bonds. The number of sulfonamides is 1. The monoisotopic (exact) mass is 280 g/mol. The number of aliphatic carboxylic acids is 1. The van der Waals surface area contributed by atoms with Crippen molar-refractivity contribution in [1.29, 1.82) is 0 Å². The zero-order valence-electron chi connectivity index (χ0n) is 10.2. The van der Waals surface area contributed by atoms with Gasteiger partial charge in [0.1, 0.15) is 0 Å². The van der Waals surface area contributed by atoms with Gasteiger partial charge in [0.05, 0.1) is 7.11 Å². The summed E-state index contributed by atoms with van der Waals surface area (Å²) in [5, 5.41) is 7.25. The minimum absolute atomic E-state index is 0.0784. The molecule has 0 radical (unpaired) electrons. The van der Waals surface area contributed by atoms with Crippen LogP contribution < -0.4 is 0 Å². The van der Waals surface area contributed by atoms with Gasteiger partial charge in [-0.05, 0) is 6.92 Å². The fourth-order valence-electron chi connectivity index (χ4n) is 1.61. The largest absolute Gasteiger partial charge is 0.480 e. The third kappa shape index (κ3) is 2.91. The first-order valence-electron chi connectivity index (χ1n) is 5.35. The average molecular weight is 280 g/mol. The van der Waals surface area contributed by atoms with Gasteiger partial charge >= 0.3 is 12.1 Å². The lowest BCUT2D eigenvalue weighted by molar-refractivity contribution is -0.136. The number of carbonyl (C=O) groups excluding carboxylic acids is 1. The fraction of sp³-hybridized carbons (Fsp3) is 0.778. The molecular formula is C9H16N2O6S. The molecule has 8 nitrogen and oxygen atoms in total. The van der Waals surface area contributed by atoms with Crippen LogP contribution in [0.15, 0.2) is 0 Å². The van der Waals surface area contributed by atoms with Gasteiger partial charge in [-0.2, -0.15) is 4.31 Å². The second-order valence-electron chi connectivity index (χ2n) is 3.88. The van der Waals surface area contributed by atoms with Gasteiger partial charge in [0, 0.05) is 26.2 Å². The number of carbonyl (C=O) groups is 2. The van der Waals surface area contributed by atoms with Crippen LogP contribution in [0.4, 0.5) is 4.79 Å². The Hall–Kier alpha value is -1.35. The van der Waals surface area contributed by atoms with Crippen LogP contribution in [0.1, 0.15) is 6.92 Å². The van der Waals surface area contributed by atoms with Crippen LogP contribution in [0.3, 0.4) is 0 Å². The van der Waals surface area contributed by atoms with Crippen LogP contribution in [0, 0.1) is 0 Å². The average Bonchev–Trinajstić information content (AvgIpc) is 2.36. The van der Waals surface area contributed by atoms with E-state index in [1.165, 1.54) is 12.0 Å². The smallest absolute Gasteiger partial charge is 0.409 e. The highest BCUT2D eigenvalue weighted by molar-refractivity contribution is 7.90. The van der Waals surface area contributed by atoms with Crippen LogP contribution in [0.25, 0.3) is 0 Å². The number of nitrogens with zero attached hydrogens (tertiary/aromatic N) is 2. The molecule has 18 heavy (non-hydrogen) atoms. The fourth-order valence-corrected chi connectivity index (χ4v) is 2.98. The molecule has 1 heterocycles. The van der Waals surface area contributed by atoms with Crippen LogP contribution in [-0.4, -0.2) is 73.3 Å². The Morgan fingerprint density at radius 3 is 2.11 bits per heavy atom. The molecule has 0 saturated carbocycles. The molecule has 1 aliphatic heterocycles. The van der Waals surface area contributed by atoms with Gasteiger partial charge in [0.15, 0.2) is 5.25 Å². The molecule has 0 aromatic carbocycles. The van der Waals surface area contributed by atoms with E-state index < -0.39 is 27.3 Å². The van der Waals surface area contributed by atoms with Crippen molar-refractivity contribution < 1.29 is 27.9 Å². The Kier molecular flexibility index (Phi) is 4.52. The standard InChI is InChI=1S/C9H16N2O6S/c1-7(8(12)13)18(15,16)11-5-3-10(4-6-11)9(14)17-2/h7H,3-6H2,1-2H3,(H,12,13). The lowest BCUT2D eigenvalue weighted by Crippen LogP contribution is -2.53. The Balaban J connectivity index is 2.68. The first-order chi connectivity index (χ1) is 8.30. The maximum Gasteiger partial charge on any atom is 0.409 e. The van der Waals surface area contributed by atoms with E-state index in [2.05, 4.69) is 4.74 Å². The van der Waals surface area contributed by atoms with Gasteiger partial charge in [-0.1, -0.05) is 0 Å². The number of carboxylic acid groups (broad SMARTS) is 1. The summed E-state index contributed by atoms with van der Waals surface area (Å²) in [6.45, 7) is 1.67. The van der Waals surface area contributed by atoms with Crippen molar-refractivity contribution >= 4 is 22.1 Å². The first-order valence-corrected chi connectivity index (χ1v) is 6.85. The zero-order valence-corrected chi connectivity index (χ0v) is 11.0. The molecule has 0 bridgehead atoms. The molecule has 1 unspecified atom stereocenters. The highest BCUT2D eigenvalue weighted by Crippen LogP contribution is 2.13. The molecule has 0 aromatic heterocycles. The quantitative estimate of drug-likeness (QED) is 0.724. The summed E-state index contributed by atoms with van der Waals surface area (Å²) in [5.41, 5.74) is 0. The van der Waals surface area contributed by atoms with Crippen LogP contribution >= 0.6 is 0 Å². The van der Waals surface area contributed by atoms with E-state index in [1.807, 2.05) is 0 Å². The third-order valence-electron chi connectivity index (χ3n) is 2.83. The molecule has 1 saturated heterocycles. The second kappa shape index (κ2) is 5.53. The SMILES string of the molecule is COC(=O)N1CCN(S(=O)(=O)C(C)C(=O)O)CC1. The van der Waals surface area contributed by atoms with Gasteiger partial charge in [0.2, 0.25) is 10.0 Å². The van der Waals surface area contributed by atoms with Crippen LogP contribution in [0.2, 0.25) is 0 Å². The Labute approximate surface area is 105 Å². The number of methoxy groups -OCH3 is 1. The van der Waals surface area contributed by atoms with Gasteiger partial charge < -0.3 is 14.7 Å². The summed E-state index contributed by atoms with van der Waals surface area (Å²) in [6, 6.07) is 0. The molecule has 0 aromatic rings. The summed E-state index contributed by atoms with van der Waals surface area (Å²) in [7, 11) is -2.61. The number of piperazine rings is 1. The summed E-state index contributed by atoms with van der Waals surface area (Å²) in [5.74, 6) is -1.38. The van der Waals surface area contributed by atoms with E-state index in [0.717, 1.165) is 11.2 Å². The molecule has 1 N–H and O–H groups in total. The topological polar surface area (TPSA) is 104 Å². The maximum absolute atomic E-state index is 11.9. The van der Waals surface area contributed by atoms with E-state index in [9.17, 15) is 18.0 Å². The minimum Gasteiger partial charge on any atom is -0.480 e. The Morgan fingerprint density at radius 1 is 1.22 bits per heavy atom. The van der Waals surface area contributed by atoms with Crippen molar-refractivity contribution in [2.75, 3.05) is 33.3 Å². The Morgan fingerprint density at radius 2 is 1.72 bits per heavy atom. The third-order valence-corrected chi connectivity index (χ3v) is 5.01. The van der Waals surface area contributed by atoms with E-state index in [4.69, 9.17) is 5.11 Å². The van der Waals surface area contributed by atoms with E-state index in [-0.39, 0.29) is 26.2 Å². The first kappa shape index (κ1) is 14.7. The summed E-state index contributed by atoms with van der Waals surface area (Å²) >= 11 is 0. The van der Waals surface area contributed by atoms with Gasteiger partial charge in [-0.15, -0.1) is 0 Å². The van der Waals surface area contributed by atoms with Crippen molar-refractivity contribution in [3.05, 3.63) is 0 Å². The Bertz CT molecular complexity index is 426. The lowest BCUT2D eigenvalue weighted by Gasteiger charge is -2.33. The molecule has 1 fully saturated rings. The summed E-state index contributed by atoms with van der Waals surface area (Å²) in [4.78, 5) is 23.3. The second-order valence-corrected chi connectivity index (χ2v) is 6.13. The van der Waals surface area contributed by atoms with Crippen molar-refractivity contribution in [1.82, 2.24) is 9.21 Å². The molecule has 0 spiro atoms. The number of carboxylic acids is 1. The molecular weight excluding hydrogens is 264 g/mol. The predicted molar refractivity (Wildman–Crippen MR) is 61.6 cm³/mol. The minimum atomic E-state index is -3.86. The highest BCUT2D eigenvalue weighted by atomic mass is 32.2. The number of amides is 1. The van der Waals surface area contributed by atoms with Crippen LogP contribution in [-0.2, 0) is 19.6 Å². The van der Waals surface area contributed by atoms with Crippen LogP contribution in [0.5, 0.6) is 0 Å². The van der Waals surface area contributed by atoms with Gasteiger partial charge in [0.25, 0.3) is 0 Å². The van der Waals surface area contributed by atoms with E-state index in [0.29, 0.717) is 0 Å². The molecule has 1 atom stereocenters. The van der Waals surface area contributed by atoms with Gasteiger partial charge in [-0.25, -0.2) is 13.2 Å². The van der Waals surface area contributed by atoms with Crippen molar-refractivity contribution in [2.24, 2.45) is 0 Å². The predicted octanol–water partition coefficient (Wildman–Crippen LogP) is -0.827. The maximum atomic E-state index is 11.9. The van der Waals surface area contributed by atoms with Crippen molar-refractivity contribution in [2.45, 2.75) is 12.2 Å². The lowest BCUT2D eigenvalue weighted by atomic mass is 10.4. The summed E-state index contributed by atoms with van der Waals surface area (Å²) in [6.07, 6.45) is -0.515. The zero-order chi connectivity index (χ0) is 13.9. The van der Waals surface area contributed by atoms with Crippen molar-refractivity contribution in [3.63, 3.8) is 0 Å². The number of rotatable bonds is 3. The number of hydrogen-bond donors (Lipinski definition) is 1. The summed E-state index contributed by atoms with van der Waals surface area (Å²) < 4.78 is 29.4. The number of ether oxygens (including phenoxy) is 1. The molecule has 1 rings (SSSR count). The number of hydrogen-bond acceptors (Lipinski definition) is 5. The molecule has 9 heteroatoms. The normalized spacial score (nSPS) is 19.3. The highest BCUT2D eigenvalue weighted by Gasteiger charge is 2.36. The van der Waals surface area contributed by atoms with Gasteiger partial charge in [-0.3, -0.25) is 4.79 Å². The van der Waals surface area contributed by atoms with E-state index in [1.54, 1.807) is 0 Å². The molecule has 104 valence electrons. The molecule has 0 aliphatic carbocycles. The molecule has 1 aliphatic rings.